The zero-order valence-electron chi connectivity index (χ0n) is 16.3. The summed E-state index contributed by atoms with van der Waals surface area (Å²) in [5.74, 6) is 0.0929. The van der Waals surface area contributed by atoms with Crippen molar-refractivity contribution in [2.45, 2.75) is 77.5 Å². The molecule has 1 heterocycles. The summed E-state index contributed by atoms with van der Waals surface area (Å²) in [6, 6.07) is 8.05. The molecule has 0 unspecified atom stereocenters. The van der Waals surface area contributed by atoms with Crippen molar-refractivity contribution >= 4 is 5.91 Å². The highest BCUT2D eigenvalue weighted by Gasteiger charge is 2.34. The third-order valence-corrected chi connectivity index (χ3v) is 4.91. The lowest BCUT2D eigenvalue weighted by atomic mass is 9.92. The fraction of sp³-hybridized carbons (Fsp3) is 0.667. The predicted molar refractivity (Wildman–Crippen MR) is 101 cm³/mol. The molecule has 1 saturated heterocycles. The normalized spacial score (nSPS) is 20.3. The van der Waals surface area contributed by atoms with Crippen LogP contribution in [-0.2, 0) is 11.2 Å². The van der Waals surface area contributed by atoms with E-state index in [2.05, 4.69) is 13.8 Å². The summed E-state index contributed by atoms with van der Waals surface area (Å²) in [6.45, 7) is 11.3. The van der Waals surface area contributed by atoms with Crippen LogP contribution in [0.5, 0.6) is 0 Å². The van der Waals surface area contributed by atoms with E-state index < -0.39 is 5.60 Å². The molecule has 2 rings (SSSR count). The second kappa shape index (κ2) is 7.88. The first-order valence-corrected chi connectivity index (χ1v) is 9.37. The van der Waals surface area contributed by atoms with E-state index in [-0.39, 0.29) is 17.6 Å². The van der Waals surface area contributed by atoms with Gasteiger partial charge in [0.2, 0.25) is 0 Å². The Morgan fingerprint density at radius 1 is 1.40 bits per heavy atom. The van der Waals surface area contributed by atoms with Crippen LogP contribution in [0.4, 0.5) is 0 Å². The second-order valence-corrected chi connectivity index (χ2v) is 8.36. The van der Waals surface area contributed by atoms with E-state index in [1.165, 1.54) is 0 Å². The van der Waals surface area contributed by atoms with Gasteiger partial charge in [-0.05, 0) is 78.0 Å². The summed E-state index contributed by atoms with van der Waals surface area (Å²) in [4.78, 5) is 15.1. The Kier molecular flexibility index (Phi) is 6.28. The number of rotatable bonds is 6. The molecule has 4 nitrogen and oxygen atoms in total. The average Bonchev–Trinajstić information content (AvgIpc) is 2.52. The van der Waals surface area contributed by atoms with Crippen molar-refractivity contribution < 1.29 is 14.6 Å². The molecule has 1 fully saturated rings. The molecule has 0 spiro atoms. The van der Waals surface area contributed by atoms with Gasteiger partial charge in [-0.25, -0.2) is 0 Å². The largest absolute Gasteiger partial charge is 0.390 e. The van der Waals surface area contributed by atoms with Crippen LogP contribution in [0.2, 0.25) is 0 Å². The van der Waals surface area contributed by atoms with Crippen LogP contribution in [0.15, 0.2) is 24.3 Å². The van der Waals surface area contributed by atoms with Crippen LogP contribution < -0.4 is 0 Å². The van der Waals surface area contributed by atoms with E-state index >= 15 is 0 Å². The topological polar surface area (TPSA) is 49.8 Å². The zero-order valence-corrected chi connectivity index (χ0v) is 16.3. The summed E-state index contributed by atoms with van der Waals surface area (Å²) in [6.07, 6.45) is 3.20. The molecular formula is C21H33NO3. The van der Waals surface area contributed by atoms with Gasteiger partial charge >= 0.3 is 0 Å². The SMILES string of the molecule is CCN(C(=O)c1cccc(CCC(C)(C)O)c1)[C@@H]1CCOC(C)(C)C1. The summed E-state index contributed by atoms with van der Waals surface area (Å²) < 4.78 is 5.80. The maximum Gasteiger partial charge on any atom is 0.254 e. The minimum atomic E-state index is -0.691. The van der Waals surface area contributed by atoms with Gasteiger partial charge in [0.1, 0.15) is 0 Å². The van der Waals surface area contributed by atoms with E-state index in [0.29, 0.717) is 19.6 Å². The molecule has 4 heteroatoms. The first-order valence-electron chi connectivity index (χ1n) is 9.37. The lowest BCUT2D eigenvalue weighted by molar-refractivity contribution is -0.0777. The summed E-state index contributed by atoms with van der Waals surface area (Å²) in [5, 5.41) is 9.92. The number of carbonyl (C=O) groups excluding carboxylic acids is 1. The minimum absolute atomic E-state index is 0.0929. The van der Waals surface area contributed by atoms with Gasteiger partial charge < -0.3 is 14.7 Å². The van der Waals surface area contributed by atoms with Gasteiger partial charge in [-0.3, -0.25) is 4.79 Å². The van der Waals surface area contributed by atoms with Crippen molar-refractivity contribution in [1.82, 2.24) is 4.90 Å². The molecule has 1 aromatic carbocycles. The Morgan fingerprint density at radius 2 is 2.12 bits per heavy atom. The standard InChI is InChI=1S/C21H33NO3/c1-6-22(18-11-13-25-21(4,5)15-18)19(23)17-9-7-8-16(14-17)10-12-20(2,3)24/h7-9,14,18,24H,6,10-13,15H2,1-5H3/t18-/m1/s1. The van der Waals surface area contributed by atoms with Crippen molar-refractivity contribution in [2.75, 3.05) is 13.2 Å². The highest BCUT2D eigenvalue weighted by Crippen LogP contribution is 2.28. The molecule has 140 valence electrons. The highest BCUT2D eigenvalue weighted by atomic mass is 16.5. The van der Waals surface area contributed by atoms with Crippen LogP contribution in [0.1, 0.15) is 69.8 Å². The maximum absolute atomic E-state index is 13.1. The van der Waals surface area contributed by atoms with Gasteiger partial charge in [0, 0.05) is 24.8 Å². The maximum atomic E-state index is 13.1. The van der Waals surface area contributed by atoms with Crippen LogP contribution in [0.3, 0.4) is 0 Å². The van der Waals surface area contributed by atoms with Crippen molar-refractivity contribution in [3.05, 3.63) is 35.4 Å². The smallest absolute Gasteiger partial charge is 0.254 e. The molecule has 1 aromatic rings. The van der Waals surface area contributed by atoms with E-state index in [1.54, 1.807) is 0 Å². The Hall–Kier alpha value is -1.39. The van der Waals surface area contributed by atoms with Gasteiger partial charge in [0.05, 0.1) is 11.2 Å². The monoisotopic (exact) mass is 347 g/mol. The van der Waals surface area contributed by atoms with Gasteiger partial charge in [0.15, 0.2) is 0 Å². The lowest BCUT2D eigenvalue weighted by Gasteiger charge is -2.41. The van der Waals surface area contributed by atoms with Gasteiger partial charge in [-0.1, -0.05) is 12.1 Å². The lowest BCUT2D eigenvalue weighted by Crippen LogP contribution is -2.48. The van der Waals surface area contributed by atoms with Crippen molar-refractivity contribution in [3.8, 4) is 0 Å². The fourth-order valence-electron chi connectivity index (χ4n) is 3.51. The molecule has 0 aromatic heterocycles. The predicted octanol–water partition coefficient (Wildman–Crippen LogP) is 3.81. The van der Waals surface area contributed by atoms with E-state index in [9.17, 15) is 9.90 Å². The van der Waals surface area contributed by atoms with Crippen LogP contribution >= 0.6 is 0 Å². The third-order valence-electron chi connectivity index (χ3n) is 4.91. The molecule has 1 amide bonds. The molecular weight excluding hydrogens is 314 g/mol. The van der Waals surface area contributed by atoms with Gasteiger partial charge in [-0.15, -0.1) is 0 Å². The Labute approximate surface area is 152 Å². The van der Waals surface area contributed by atoms with Crippen molar-refractivity contribution in [1.29, 1.82) is 0 Å². The van der Waals surface area contributed by atoms with Crippen molar-refractivity contribution in [3.63, 3.8) is 0 Å². The first kappa shape index (κ1) is 19.9. The Morgan fingerprint density at radius 3 is 2.72 bits per heavy atom. The zero-order chi connectivity index (χ0) is 18.7. The summed E-state index contributed by atoms with van der Waals surface area (Å²) in [5.41, 5.74) is 0.963. The van der Waals surface area contributed by atoms with Crippen LogP contribution in [0, 0.1) is 0 Å². The number of benzene rings is 1. The summed E-state index contributed by atoms with van der Waals surface area (Å²) >= 11 is 0. The number of carbonyl (C=O) groups is 1. The molecule has 0 bridgehead atoms. The fourth-order valence-corrected chi connectivity index (χ4v) is 3.51. The van der Waals surface area contributed by atoms with Gasteiger partial charge in [-0.2, -0.15) is 0 Å². The molecule has 0 radical (unpaired) electrons. The summed E-state index contributed by atoms with van der Waals surface area (Å²) in [7, 11) is 0. The molecule has 0 saturated carbocycles. The number of hydrogen-bond acceptors (Lipinski definition) is 3. The quantitative estimate of drug-likeness (QED) is 0.851. The first-order chi connectivity index (χ1) is 11.6. The van der Waals surface area contributed by atoms with Crippen LogP contribution in [0.25, 0.3) is 0 Å². The number of aryl methyl sites for hydroxylation is 1. The van der Waals surface area contributed by atoms with Gasteiger partial charge in [0.25, 0.3) is 5.91 Å². The number of nitrogens with zero attached hydrogens (tertiary/aromatic N) is 1. The molecule has 1 atom stereocenters. The van der Waals surface area contributed by atoms with Crippen LogP contribution in [-0.4, -0.2) is 46.3 Å². The van der Waals surface area contributed by atoms with E-state index in [1.807, 2.05) is 49.9 Å². The second-order valence-electron chi connectivity index (χ2n) is 8.36. The third kappa shape index (κ3) is 5.82. The molecule has 25 heavy (non-hydrogen) atoms. The number of amides is 1. The number of aliphatic hydroxyl groups is 1. The van der Waals surface area contributed by atoms with Crippen molar-refractivity contribution in [2.24, 2.45) is 0 Å². The number of ether oxygens (including phenoxy) is 1. The molecule has 1 aliphatic rings. The average molecular weight is 347 g/mol. The molecule has 1 aliphatic heterocycles. The number of hydrogen-bond donors (Lipinski definition) is 1. The molecule has 0 aliphatic carbocycles. The van der Waals surface area contributed by atoms with E-state index in [0.717, 1.165) is 30.4 Å². The highest BCUT2D eigenvalue weighted by molar-refractivity contribution is 5.94. The minimum Gasteiger partial charge on any atom is -0.390 e. The van der Waals surface area contributed by atoms with E-state index in [4.69, 9.17) is 4.74 Å². The Balaban J connectivity index is 2.12. The molecule has 1 N–H and O–H groups in total. The Bertz CT molecular complexity index is 589.